The first-order valence-electron chi connectivity index (χ1n) is 8.54. The van der Waals surface area contributed by atoms with Gasteiger partial charge in [-0.1, -0.05) is 0 Å². The number of hydrogen-bond donors (Lipinski definition) is 2. The first-order chi connectivity index (χ1) is 12.2. The van der Waals surface area contributed by atoms with E-state index in [2.05, 4.69) is 20.7 Å². The minimum absolute atomic E-state index is 0. The third-order valence-corrected chi connectivity index (χ3v) is 4.98. The first-order valence-corrected chi connectivity index (χ1v) is 8.54. The molecule has 1 aromatic rings. The summed E-state index contributed by atoms with van der Waals surface area (Å²) in [5.41, 5.74) is -0.924. The van der Waals surface area contributed by atoms with Crippen molar-refractivity contribution in [3.05, 3.63) is 17.5 Å². The zero-order valence-electron chi connectivity index (χ0n) is 15.3. The molecule has 0 aliphatic carbocycles. The lowest BCUT2D eigenvalue weighted by Gasteiger charge is -2.40. The van der Waals surface area contributed by atoms with Crippen LogP contribution in [0.2, 0.25) is 0 Å². The lowest BCUT2D eigenvalue weighted by Crippen LogP contribution is -2.51. The molecule has 1 amide bonds. The van der Waals surface area contributed by atoms with Gasteiger partial charge in [0.2, 0.25) is 5.91 Å². The number of aryl methyl sites for hydroxylation is 1. The van der Waals surface area contributed by atoms with Crippen LogP contribution in [0.1, 0.15) is 30.5 Å². The Balaban J connectivity index is 0.00000261. The number of carbonyl (C=O) groups excluding carboxylic acids is 1. The molecule has 27 heavy (non-hydrogen) atoms. The number of alkyl halides is 3. The number of carbonyl (C=O) groups is 1. The van der Waals surface area contributed by atoms with Gasteiger partial charge in [-0.25, -0.2) is 0 Å². The molecule has 11 heteroatoms. The van der Waals surface area contributed by atoms with Gasteiger partial charge in [0.15, 0.2) is 11.7 Å². The van der Waals surface area contributed by atoms with E-state index in [9.17, 15) is 18.0 Å². The van der Waals surface area contributed by atoms with Crippen molar-refractivity contribution in [2.24, 2.45) is 17.5 Å². The van der Waals surface area contributed by atoms with Crippen LogP contribution in [-0.2, 0) is 24.6 Å². The molecular formula is C16H24F3IN6O. The third-order valence-electron chi connectivity index (χ3n) is 4.98. The van der Waals surface area contributed by atoms with Crippen molar-refractivity contribution >= 4 is 35.8 Å². The monoisotopic (exact) mass is 500 g/mol. The molecule has 1 spiro atoms. The maximum Gasteiger partial charge on any atom is 0.435 e. The van der Waals surface area contributed by atoms with Crippen molar-refractivity contribution in [3.8, 4) is 0 Å². The van der Waals surface area contributed by atoms with Crippen LogP contribution < -0.4 is 10.6 Å². The summed E-state index contributed by atoms with van der Waals surface area (Å²) in [7, 11) is 3.07. The van der Waals surface area contributed by atoms with E-state index in [-0.39, 0.29) is 47.4 Å². The van der Waals surface area contributed by atoms with Crippen molar-refractivity contribution in [2.75, 3.05) is 26.7 Å². The van der Waals surface area contributed by atoms with Crippen LogP contribution in [0.15, 0.2) is 11.2 Å². The van der Waals surface area contributed by atoms with Crippen LogP contribution in [0.25, 0.3) is 0 Å². The second-order valence-corrected chi connectivity index (χ2v) is 7.05. The van der Waals surface area contributed by atoms with Gasteiger partial charge in [0.25, 0.3) is 0 Å². The van der Waals surface area contributed by atoms with Crippen LogP contribution in [-0.4, -0.2) is 53.2 Å². The van der Waals surface area contributed by atoms with Crippen LogP contribution in [0.3, 0.4) is 0 Å². The lowest BCUT2D eigenvalue weighted by atomic mass is 9.79. The van der Waals surface area contributed by atoms with E-state index >= 15 is 0 Å². The highest BCUT2D eigenvalue weighted by Crippen LogP contribution is 2.36. The van der Waals surface area contributed by atoms with Gasteiger partial charge in [-0.2, -0.15) is 18.3 Å². The topological polar surface area (TPSA) is 74.6 Å². The van der Waals surface area contributed by atoms with E-state index in [1.54, 1.807) is 7.05 Å². The molecule has 2 aliphatic heterocycles. The molecule has 2 aliphatic rings. The minimum atomic E-state index is -4.49. The Labute approximate surface area is 172 Å². The summed E-state index contributed by atoms with van der Waals surface area (Å²) in [6, 6.07) is 0. The average molecular weight is 500 g/mol. The smallest absolute Gasteiger partial charge is 0.355 e. The van der Waals surface area contributed by atoms with E-state index in [0.717, 1.165) is 24.1 Å². The Bertz CT molecular complexity index is 719. The second kappa shape index (κ2) is 8.23. The summed E-state index contributed by atoms with van der Waals surface area (Å²) in [6.07, 6.45) is -0.773. The normalized spacial score (nSPS) is 23.4. The molecule has 2 saturated heterocycles. The van der Waals surface area contributed by atoms with Crippen LogP contribution >= 0.6 is 24.0 Å². The van der Waals surface area contributed by atoms with Crippen molar-refractivity contribution in [1.82, 2.24) is 25.3 Å². The van der Waals surface area contributed by atoms with Gasteiger partial charge in [-0.05, 0) is 12.8 Å². The Kier molecular flexibility index (Phi) is 6.63. The molecule has 2 N–H and O–H groups in total. The fourth-order valence-electron chi connectivity index (χ4n) is 3.84. The molecule has 0 bridgehead atoms. The van der Waals surface area contributed by atoms with Gasteiger partial charge in [0, 0.05) is 63.9 Å². The first kappa shape index (κ1) is 21.8. The number of guanidine groups is 1. The highest BCUT2D eigenvalue weighted by Gasteiger charge is 2.42. The van der Waals surface area contributed by atoms with E-state index in [0.29, 0.717) is 25.5 Å². The number of amides is 1. The number of piperidine rings is 1. The Hall–Kier alpha value is -1.53. The number of halogens is 4. The van der Waals surface area contributed by atoms with E-state index < -0.39 is 11.9 Å². The molecule has 0 radical (unpaired) electrons. The van der Waals surface area contributed by atoms with Crippen molar-refractivity contribution < 1.29 is 18.0 Å². The number of nitrogens with zero attached hydrogens (tertiary/aromatic N) is 4. The standard InChI is InChI=1S/C16H23F3N6O.HI/c1-20-14(21-7-11-8-24(2)23-13(11)16(17,18)19)25-5-3-4-15(10-25)6-12(26)22-9-15;/h8H,3-7,9-10H2,1-2H3,(H,20,21)(H,22,26);1H. The van der Waals surface area contributed by atoms with Crippen LogP contribution in [0.5, 0.6) is 0 Å². The van der Waals surface area contributed by atoms with Gasteiger partial charge < -0.3 is 15.5 Å². The number of hydrogen-bond acceptors (Lipinski definition) is 3. The van der Waals surface area contributed by atoms with Gasteiger partial charge in [0.1, 0.15) is 0 Å². The Morgan fingerprint density at radius 3 is 2.81 bits per heavy atom. The average Bonchev–Trinajstić information content (AvgIpc) is 3.11. The van der Waals surface area contributed by atoms with Crippen molar-refractivity contribution in [3.63, 3.8) is 0 Å². The van der Waals surface area contributed by atoms with Gasteiger partial charge in [0.05, 0.1) is 0 Å². The minimum Gasteiger partial charge on any atom is -0.355 e. The van der Waals surface area contributed by atoms with Gasteiger partial charge in [-0.3, -0.25) is 14.5 Å². The number of nitrogens with one attached hydrogen (secondary N) is 2. The molecule has 7 nitrogen and oxygen atoms in total. The molecule has 3 rings (SSSR count). The van der Waals surface area contributed by atoms with Crippen LogP contribution in [0, 0.1) is 5.41 Å². The van der Waals surface area contributed by atoms with Gasteiger partial charge >= 0.3 is 6.18 Å². The SMILES string of the molecule is CN=C(NCc1cn(C)nc1C(F)(F)F)N1CCCC2(CNC(=O)C2)C1.I. The van der Waals surface area contributed by atoms with Crippen molar-refractivity contribution in [2.45, 2.75) is 32.0 Å². The van der Waals surface area contributed by atoms with Crippen LogP contribution in [0.4, 0.5) is 13.2 Å². The third kappa shape index (κ3) is 4.85. The maximum atomic E-state index is 13.1. The highest BCUT2D eigenvalue weighted by molar-refractivity contribution is 14.0. The second-order valence-electron chi connectivity index (χ2n) is 7.05. The number of aliphatic imine (C=N–C) groups is 1. The fraction of sp³-hybridized carbons (Fsp3) is 0.688. The Morgan fingerprint density at radius 1 is 1.48 bits per heavy atom. The molecule has 1 unspecified atom stereocenters. The number of aromatic nitrogens is 2. The van der Waals surface area contributed by atoms with E-state index in [1.165, 1.54) is 13.2 Å². The predicted molar refractivity (Wildman–Crippen MR) is 105 cm³/mol. The summed E-state index contributed by atoms with van der Waals surface area (Å²) < 4.78 is 40.4. The molecule has 1 aromatic heterocycles. The number of likely N-dealkylation sites (tertiary alicyclic amines) is 1. The maximum absolute atomic E-state index is 13.1. The lowest BCUT2D eigenvalue weighted by molar-refractivity contribution is -0.142. The zero-order chi connectivity index (χ0) is 18.9. The summed E-state index contributed by atoms with van der Waals surface area (Å²) in [4.78, 5) is 17.9. The van der Waals surface area contributed by atoms with Gasteiger partial charge in [-0.15, -0.1) is 24.0 Å². The summed E-state index contributed by atoms with van der Waals surface area (Å²) in [5.74, 6) is 0.598. The van der Waals surface area contributed by atoms with Crippen molar-refractivity contribution in [1.29, 1.82) is 0 Å². The Morgan fingerprint density at radius 2 is 2.22 bits per heavy atom. The quantitative estimate of drug-likeness (QED) is 0.369. The summed E-state index contributed by atoms with van der Waals surface area (Å²) >= 11 is 0. The molecule has 0 saturated carbocycles. The molecule has 2 fully saturated rings. The largest absolute Gasteiger partial charge is 0.435 e. The fourth-order valence-corrected chi connectivity index (χ4v) is 3.84. The predicted octanol–water partition coefficient (Wildman–Crippen LogP) is 1.73. The molecular weight excluding hydrogens is 476 g/mol. The summed E-state index contributed by atoms with van der Waals surface area (Å²) in [5, 5.41) is 9.41. The summed E-state index contributed by atoms with van der Waals surface area (Å²) in [6.45, 7) is 2.04. The zero-order valence-corrected chi connectivity index (χ0v) is 17.6. The number of rotatable bonds is 2. The molecule has 0 aromatic carbocycles. The van der Waals surface area contributed by atoms with E-state index in [4.69, 9.17) is 0 Å². The van der Waals surface area contributed by atoms with E-state index in [1.807, 2.05) is 4.90 Å². The highest BCUT2D eigenvalue weighted by atomic mass is 127. The molecule has 3 heterocycles. The molecule has 1 atom stereocenters. The molecule has 152 valence electrons.